The van der Waals surface area contributed by atoms with Gasteiger partial charge in [-0.2, -0.15) is 0 Å². The molecule has 17 heavy (non-hydrogen) atoms. The molecule has 2 N–H and O–H groups in total. The van der Waals surface area contributed by atoms with Crippen molar-refractivity contribution in [2.24, 2.45) is 5.92 Å². The van der Waals surface area contributed by atoms with Gasteiger partial charge < -0.3 is 15.3 Å². The van der Waals surface area contributed by atoms with E-state index in [2.05, 4.69) is 31.1 Å². The normalized spacial score (nSPS) is 29.2. The molecule has 1 fully saturated rings. The van der Waals surface area contributed by atoms with Crippen LogP contribution in [0.4, 0.5) is 0 Å². The zero-order chi connectivity index (χ0) is 13.1. The van der Waals surface area contributed by atoms with Crippen molar-refractivity contribution in [2.75, 3.05) is 20.1 Å². The highest BCUT2D eigenvalue weighted by Crippen LogP contribution is 2.33. The van der Waals surface area contributed by atoms with Crippen LogP contribution in [0.1, 0.15) is 40.0 Å². The summed E-state index contributed by atoms with van der Waals surface area (Å²) in [7, 11) is 2.11. The molecule has 0 saturated heterocycles. The van der Waals surface area contributed by atoms with E-state index in [4.69, 9.17) is 0 Å². The van der Waals surface area contributed by atoms with Crippen molar-refractivity contribution < 1.29 is 9.90 Å². The van der Waals surface area contributed by atoms with Crippen molar-refractivity contribution in [1.29, 1.82) is 0 Å². The number of hydrogen-bond acceptors (Lipinski definition) is 3. The van der Waals surface area contributed by atoms with Gasteiger partial charge in [-0.15, -0.1) is 0 Å². The molecule has 0 aromatic carbocycles. The SMILES string of the molecule is CCNC1(C(=O)O)CCC(N(C)CC(C)C)C1. The van der Waals surface area contributed by atoms with Crippen LogP contribution in [-0.2, 0) is 4.79 Å². The first-order chi connectivity index (χ1) is 7.91. The van der Waals surface area contributed by atoms with Gasteiger partial charge in [0.25, 0.3) is 0 Å². The molecular formula is C13H26N2O2. The van der Waals surface area contributed by atoms with E-state index in [1.165, 1.54) is 0 Å². The van der Waals surface area contributed by atoms with Crippen LogP contribution in [0.3, 0.4) is 0 Å². The number of rotatable bonds is 6. The Hall–Kier alpha value is -0.610. The lowest BCUT2D eigenvalue weighted by molar-refractivity contribution is -0.144. The summed E-state index contributed by atoms with van der Waals surface area (Å²) in [5.41, 5.74) is -0.690. The van der Waals surface area contributed by atoms with Crippen molar-refractivity contribution in [3.63, 3.8) is 0 Å². The Labute approximate surface area is 104 Å². The molecule has 4 heteroatoms. The summed E-state index contributed by atoms with van der Waals surface area (Å²) in [6.07, 6.45) is 2.44. The Morgan fingerprint density at radius 1 is 1.59 bits per heavy atom. The second kappa shape index (κ2) is 5.83. The fourth-order valence-corrected chi connectivity index (χ4v) is 2.89. The maximum Gasteiger partial charge on any atom is 0.323 e. The van der Waals surface area contributed by atoms with Crippen LogP contribution in [0.15, 0.2) is 0 Å². The molecule has 4 nitrogen and oxygen atoms in total. The molecule has 0 aromatic heterocycles. The lowest BCUT2D eigenvalue weighted by Gasteiger charge is -2.29. The number of hydrogen-bond donors (Lipinski definition) is 2. The van der Waals surface area contributed by atoms with Crippen LogP contribution in [-0.4, -0.2) is 47.7 Å². The Morgan fingerprint density at radius 2 is 2.24 bits per heavy atom. The van der Waals surface area contributed by atoms with Gasteiger partial charge in [0, 0.05) is 12.6 Å². The molecule has 1 rings (SSSR count). The summed E-state index contributed by atoms with van der Waals surface area (Å²) in [4.78, 5) is 13.7. The minimum Gasteiger partial charge on any atom is -0.480 e. The molecule has 0 heterocycles. The summed E-state index contributed by atoms with van der Waals surface area (Å²) in [6.45, 7) is 8.11. The average molecular weight is 242 g/mol. The van der Waals surface area contributed by atoms with Gasteiger partial charge in [0.1, 0.15) is 5.54 Å². The predicted octanol–water partition coefficient (Wildman–Crippen LogP) is 1.56. The molecule has 100 valence electrons. The summed E-state index contributed by atoms with van der Waals surface area (Å²) in [5.74, 6) is -0.0706. The standard InChI is InChI=1S/C13H26N2O2/c1-5-14-13(12(16)17)7-6-11(8-13)15(4)9-10(2)3/h10-11,14H,5-9H2,1-4H3,(H,16,17). The van der Waals surface area contributed by atoms with Crippen LogP contribution >= 0.6 is 0 Å². The Kier molecular flexibility index (Phi) is 4.95. The van der Waals surface area contributed by atoms with Crippen LogP contribution < -0.4 is 5.32 Å². The van der Waals surface area contributed by atoms with Gasteiger partial charge in [-0.1, -0.05) is 20.8 Å². The molecule has 1 saturated carbocycles. The fraction of sp³-hybridized carbons (Fsp3) is 0.923. The van der Waals surface area contributed by atoms with E-state index in [0.29, 0.717) is 18.5 Å². The molecule has 2 unspecified atom stereocenters. The van der Waals surface area contributed by atoms with Gasteiger partial charge in [-0.05, 0) is 38.8 Å². The van der Waals surface area contributed by atoms with Crippen molar-refractivity contribution in [3.05, 3.63) is 0 Å². The maximum absolute atomic E-state index is 11.4. The van der Waals surface area contributed by atoms with Gasteiger partial charge in [-0.25, -0.2) is 0 Å². The third-order valence-electron chi connectivity index (χ3n) is 3.69. The molecule has 0 bridgehead atoms. The number of likely N-dealkylation sites (N-methyl/N-ethyl adjacent to an activating group) is 1. The maximum atomic E-state index is 11.4. The van der Waals surface area contributed by atoms with E-state index >= 15 is 0 Å². The van der Waals surface area contributed by atoms with Crippen LogP contribution in [0.25, 0.3) is 0 Å². The summed E-state index contributed by atoms with van der Waals surface area (Å²) < 4.78 is 0. The monoisotopic (exact) mass is 242 g/mol. The minimum absolute atomic E-state index is 0.396. The second-order valence-corrected chi connectivity index (χ2v) is 5.65. The van der Waals surface area contributed by atoms with E-state index < -0.39 is 11.5 Å². The quantitative estimate of drug-likeness (QED) is 0.742. The Balaban J connectivity index is 2.63. The minimum atomic E-state index is -0.695. The van der Waals surface area contributed by atoms with E-state index in [-0.39, 0.29) is 0 Å². The fourth-order valence-electron chi connectivity index (χ4n) is 2.89. The lowest BCUT2D eigenvalue weighted by Crippen LogP contribution is -2.51. The van der Waals surface area contributed by atoms with Crippen molar-refractivity contribution in [1.82, 2.24) is 10.2 Å². The zero-order valence-corrected chi connectivity index (χ0v) is 11.5. The van der Waals surface area contributed by atoms with Crippen LogP contribution in [0.2, 0.25) is 0 Å². The van der Waals surface area contributed by atoms with Crippen LogP contribution in [0.5, 0.6) is 0 Å². The first kappa shape index (κ1) is 14.5. The van der Waals surface area contributed by atoms with Gasteiger partial charge in [0.15, 0.2) is 0 Å². The summed E-state index contributed by atoms with van der Waals surface area (Å²) in [6, 6.07) is 0.396. The van der Waals surface area contributed by atoms with E-state index in [9.17, 15) is 9.90 Å². The number of nitrogens with zero attached hydrogens (tertiary/aromatic N) is 1. The van der Waals surface area contributed by atoms with Crippen molar-refractivity contribution >= 4 is 5.97 Å². The largest absolute Gasteiger partial charge is 0.480 e. The summed E-state index contributed by atoms with van der Waals surface area (Å²) >= 11 is 0. The third kappa shape index (κ3) is 3.42. The highest BCUT2D eigenvalue weighted by molar-refractivity contribution is 5.79. The second-order valence-electron chi connectivity index (χ2n) is 5.65. The van der Waals surface area contributed by atoms with Crippen LogP contribution in [0, 0.1) is 5.92 Å². The molecule has 0 aromatic rings. The molecular weight excluding hydrogens is 216 g/mol. The Bertz CT molecular complexity index is 268. The van der Waals surface area contributed by atoms with Gasteiger partial charge in [0.2, 0.25) is 0 Å². The molecule has 0 spiro atoms. The zero-order valence-electron chi connectivity index (χ0n) is 11.5. The number of nitrogens with one attached hydrogen (secondary N) is 1. The predicted molar refractivity (Wildman–Crippen MR) is 69.2 cm³/mol. The highest BCUT2D eigenvalue weighted by atomic mass is 16.4. The van der Waals surface area contributed by atoms with E-state index in [0.717, 1.165) is 25.8 Å². The Morgan fingerprint density at radius 3 is 2.71 bits per heavy atom. The highest BCUT2D eigenvalue weighted by Gasteiger charge is 2.45. The smallest absolute Gasteiger partial charge is 0.323 e. The average Bonchev–Trinajstić information content (AvgIpc) is 2.63. The summed E-state index contributed by atoms with van der Waals surface area (Å²) in [5, 5.41) is 12.6. The van der Waals surface area contributed by atoms with Gasteiger partial charge >= 0.3 is 5.97 Å². The third-order valence-corrected chi connectivity index (χ3v) is 3.69. The first-order valence-corrected chi connectivity index (χ1v) is 6.60. The molecule has 0 aliphatic heterocycles. The molecule has 0 radical (unpaired) electrons. The molecule has 2 atom stereocenters. The van der Waals surface area contributed by atoms with Crippen molar-refractivity contribution in [3.8, 4) is 0 Å². The van der Waals surface area contributed by atoms with E-state index in [1.807, 2.05) is 6.92 Å². The van der Waals surface area contributed by atoms with Crippen molar-refractivity contribution in [2.45, 2.75) is 51.6 Å². The molecule has 1 aliphatic rings. The lowest BCUT2D eigenvalue weighted by atomic mass is 9.97. The van der Waals surface area contributed by atoms with E-state index in [1.54, 1.807) is 0 Å². The van der Waals surface area contributed by atoms with Gasteiger partial charge in [0.05, 0.1) is 0 Å². The number of aliphatic carboxylic acids is 1. The number of carboxylic acid groups (broad SMARTS) is 1. The number of carboxylic acids is 1. The van der Waals surface area contributed by atoms with Gasteiger partial charge in [-0.3, -0.25) is 4.79 Å². The molecule has 1 aliphatic carbocycles. The first-order valence-electron chi connectivity index (χ1n) is 6.60. The number of carbonyl (C=O) groups is 1. The molecule has 0 amide bonds. The topological polar surface area (TPSA) is 52.6 Å².